The van der Waals surface area contributed by atoms with E-state index in [1.54, 1.807) is 0 Å². The maximum atomic E-state index is 13.0. The molecule has 0 amide bonds. The highest BCUT2D eigenvalue weighted by atomic mass is 16.3. The van der Waals surface area contributed by atoms with E-state index in [0.717, 1.165) is 38.5 Å². The summed E-state index contributed by atoms with van der Waals surface area (Å²) in [5.41, 5.74) is 2.36. The second-order valence-electron chi connectivity index (χ2n) is 6.77. The molecule has 0 bridgehead atoms. The molecule has 2 N–H and O–H groups in total. The SMILES string of the molecule is CCCCCC1=C(NCC)C(=O)C(C2C=C(C)CCC2)=C(O)C1=O. The third kappa shape index (κ3) is 3.80. The number of carbonyl (C=O) groups is 2. The van der Waals surface area contributed by atoms with Gasteiger partial charge >= 0.3 is 0 Å². The van der Waals surface area contributed by atoms with Crippen LogP contribution in [-0.4, -0.2) is 23.2 Å². The molecular formula is C20H29NO3. The summed E-state index contributed by atoms with van der Waals surface area (Å²) < 4.78 is 0. The van der Waals surface area contributed by atoms with Crippen molar-refractivity contribution in [2.75, 3.05) is 6.54 Å². The molecule has 0 aliphatic heterocycles. The van der Waals surface area contributed by atoms with E-state index in [4.69, 9.17) is 0 Å². The fraction of sp³-hybridized carbons (Fsp3) is 0.600. The lowest BCUT2D eigenvalue weighted by molar-refractivity contribution is -0.119. The van der Waals surface area contributed by atoms with Gasteiger partial charge in [0.1, 0.15) is 0 Å². The van der Waals surface area contributed by atoms with Gasteiger partial charge in [0.25, 0.3) is 0 Å². The first-order valence-electron chi connectivity index (χ1n) is 9.18. The van der Waals surface area contributed by atoms with Gasteiger partial charge in [0.05, 0.1) is 11.3 Å². The van der Waals surface area contributed by atoms with Gasteiger partial charge in [-0.25, -0.2) is 0 Å². The van der Waals surface area contributed by atoms with Crippen molar-refractivity contribution >= 4 is 11.6 Å². The number of nitrogens with one attached hydrogen (secondary N) is 1. The van der Waals surface area contributed by atoms with E-state index in [1.165, 1.54) is 5.57 Å². The lowest BCUT2D eigenvalue weighted by Gasteiger charge is -2.27. The van der Waals surface area contributed by atoms with Crippen LogP contribution in [0.5, 0.6) is 0 Å². The molecule has 132 valence electrons. The van der Waals surface area contributed by atoms with Crippen molar-refractivity contribution < 1.29 is 14.7 Å². The first-order valence-corrected chi connectivity index (χ1v) is 9.18. The van der Waals surface area contributed by atoms with Crippen molar-refractivity contribution in [2.45, 2.75) is 65.7 Å². The fourth-order valence-corrected chi connectivity index (χ4v) is 3.59. The van der Waals surface area contributed by atoms with Gasteiger partial charge < -0.3 is 10.4 Å². The summed E-state index contributed by atoms with van der Waals surface area (Å²) in [5, 5.41) is 13.6. The zero-order chi connectivity index (χ0) is 17.7. The highest BCUT2D eigenvalue weighted by Gasteiger charge is 2.37. The molecule has 0 radical (unpaired) electrons. The number of aliphatic hydroxyl groups excluding tert-OH is 1. The average Bonchev–Trinajstić information content (AvgIpc) is 2.55. The van der Waals surface area contributed by atoms with Crippen LogP contribution >= 0.6 is 0 Å². The minimum Gasteiger partial charge on any atom is -0.504 e. The molecule has 0 saturated heterocycles. The van der Waals surface area contributed by atoms with Gasteiger partial charge in [-0.05, 0) is 46.0 Å². The van der Waals surface area contributed by atoms with E-state index in [0.29, 0.717) is 24.2 Å². The number of unbranched alkanes of at least 4 members (excludes halogenated alkanes) is 2. The van der Waals surface area contributed by atoms with Crippen LogP contribution in [0.1, 0.15) is 65.7 Å². The fourth-order valence-electron chi connectivity index (χ4n) is 3.59. The van der Waals surface area contributed by atoms with Crippen molar-refractivity contribution in [2.24, 2.45) is 5.92 Å². The quantitative estimate of drug-likeness (QED) is 0.418. The molecule has 0 fully saturated rings. The molecule has 4 heteroatoms. The van der Waals surface area contributed by atoms with Crippen LogP contribution in [0.3, 0.4) is 0 Å². The predicted molar refractivity (Wildman–Crippen MR) is 95.6 cm³/mol. The largest absolute Gasteiger partial charge is 0.504 e. The molecule has 0 aromatic rings. The number of hydrogen-bond acceptors (Lipinski definition) is 4. The third-order valence-corrected chi connectivity index (χ3v) is 4.84. The van der Waals surface area contributed by atoms with Crippen molar-refractivity contribution in [1.82, 2.24) is 5.32 Å². The molecule has 0 saturated carbocycles. The Labute approximate surface area is 144 Å². The second kappa shape index (κ2) is 8.32. The molecule has 4 nitrogen and oxygen atoms in total. The molecule has 2 rings (SSSR count). The van der Waals surface area contributed by atoms with E-state index >= 15 is 0 Å². The second-order valence-corrected chi connectivity index (χ2v) is 6.77. The number of Topliss-reactive ketones (excluding diaryl/α,β-unsaturated/α-hetero) is 2. The maximum Gasteiger partial charge on any atom is 0.225 e. The molecule has 2 aliphatic rings. The highest BCUT2D eigenvalue weighted by molar-refractivity contribution is 6.24. The van der Waals surface area contributed by atoms with Crippen LogP contribution in [0, 0.1) is 5.92 Å². The summed E-state index contributed by atoms with van der Waals surface area (Å²) in [7, 11) is 0. The highest BCUT2D eigenvalue weighted by Crippen LogP contribution is 2.35. The summed E-state index contributed by atoms with van der Waals surface area (Å²) in [5.74, 6) is -1.05. The first kappa shape index (κ1) is 18.5. The number of rotatable bonds is 7. The van der Waals surface area contributed by atoms with E-state index in [2.05, 4.69) is 12.2 Å². The number of ketones is 2. The lowest BCUT2D eigenvalue weighted by atomic mass is 9.78. The van der Waals surface area contributed by atoms with Gasteiger partial charge in [0, 0.05) is 18.0 Å². The Kier molecular flexibility index (Phi) is 6.41. The molecule has 2 aliphatic carbocycles. The summed E-state index contributed by atoms with van der Waals surface area (Å²) in [6, 6.07) is 0. The standard InChI is InChI=1S/C20H29NO3/c1-4-6-7-11-15-17(21-5-2)19(23)16(20(24)18(15)22)14-10-8-9-13(3)12-14/h12,14,21,24H,4-11H2,1-3H3. The predicted octanol–water partition coefficient (Wildman–Crippen LogP) is 4.14. The third-order valence-electron chi connectivity index (χ3n) is 4.84. The molecular weight excluding hydrogens is 302 g/mol. The number of likely N-dealkylation sites (N-methyl/N-ethyl adjacent to an activating group) is 1. The number of hydrogen-bond donors (Lipinski definition) is 2. The van der Waals surface area contributed by atoms with E-state index < -0.39 is 0 Å². The maximum absolute atomic E-state index is 13.0. The molecule has 0 heterocycles. The Bertz CT molecular complexity index is 610. The Morgan fingerprint density at radius 2 is 1.96 bits per heavy atom. The van der Waals surface area contributed by atoms with Crippen molar-refractivity contribution in [3.8, 4) is 0 Å². The van der Waals surface area contributed by atoms with Gasteiger partial charge in [-0.15, -0.1) is 0 Å². The molecule has 0 spiro atoms. The van der Waals surface area contributed by atoms with E-state index in [1.807, 2.05) is 19.9 Å². The molecule has 1 unspecified atom stereocenters. The lowest BCUT2D eigenvalue weighted by Crippen LogP contribution is -2.34. The zero-order valence-electron chi connectivity index (χ0n) is 15.1. The number of carbonyl (C=O) groups excluding carboxylic acids is 2. The molecule has 0 aromatic heterocycles. The number of aliphatic hydroxyl groups is 1. The summed E-state index contributed by atoms with van der Waals surface area (Å²) >= 11 is 0. The Balaban J connectivity index is 2.37. The van der Waals surface area contributed by atoms with Crippen LogP contribution in [0.25, 0.3) is 0 Å². The summed E-state index contributed by atoms with van der Waals surface area (Å²) in [4.78, 5) is 25.7. The zero-order valence-corrected chi connectivity index (χ0v) is 15.1. The molecule has 0 aromatic carbocycles. The number of allylic oxidation sites excluding steroid dienone is 4. The normalized spacial score (nSPS) is 22.1. The molecule has 1 atom stereocenters. The van der Waals surface area contributed by atoms with Gasteiger partial charge in [-0.3, -0.25) is 9.59 Å². The topological polar surface area (TPSA) is 66.4 Å². The minimum absolute atomic E-state index is 0.152. The summed E-state index contributed by atoms with van der Waals surface area (Å²) in [6.07, 6.45) is 8.28. The van der Waals surface area contributed by atoms with Crippen LogP contribution in [0.4, 0.5) is 0 Å². The van der Waals surface area contributed by atoms with Crippen molar-refractivity contribution in [1.29, 1.82) is 0 Å². The van der Waals surface area contributed by atoms with Gasteiger partial charge in [0.15, 0.2) is 5.76 Å². The Morgan fingerprint density at radius 3 is 2.58 bits per heavy atom. The van der Waals surface area contributed by atoms with E-state index in [-0.39, 0.29) is 28.8 Å². The Morgan fingerprint density at radius 1 is 1.21 bits per heavy atom. The van der Waals surface area contributed by atoms with Crippen molar-refractivity contribution in [3.05, 3.63) is 34.3 Å². The van der Waals surface area contributed by atoms with Crippen LogP contribution in [0.2, 0.25) is 0 Å². The summed E-state index contributed by atoms with van der Waals surface area (Å²) in [6.45, 7) is 6.63. The Hall–Kier alpha value is -1.84. The minimum atomic E-state index is -0.367. The first-order chi connectivity index (χ1) is 11.5. The van der Waals surface area contributed by atoms with E-state index in [9.17, 15) is 14.7 Å². The van der Waals surface area contributed by atoms with Crippen LogP contribution in [-0.2, 0) is 9.59 Å². The van der Waals surface area contributed by atoms with Gasteiger partial charge in [-0.2, -0.15) is 0 Å². The van der Waals surface area contributed by atoms with Gasteiger partial charge in [0.2, 0.25) is 11.6 Å². The molecule has 24 heavy (non-hydrogen) atoms. The van der Waals surface area contributed by atoms with Gasteiger partial charge in [-0.1, -0.05) is 31.4 Å². The monoisotopic (exact) mass is 331 g/mol. The van der Waals surface area contributed by atoms with Crippen LogP contribution < -0.4 is 5.32 Å². The van der Waals surface area contributed by atoms with Crippen LogP contribution in [0.15, 0.2) is 34.3 Å². The smallest absolute Gasteiger partial charge is 0.225 e. The average molecular weight is 331 g/mol. The van der Waals surface area contributed by atoms with Crippen molar-refractivity contribution in [3.63, 3.8) is 0 Å².